The molecule has 0 spiro atoms. The van der Waals surface area contributed by atoms with Gasteiger partial charge in [-0.25, -0.2) is 0 Å². The van der Waals surface area contributed by atoms with Crippen molar-refractivity contribution in [1.29, 1.82) is 0 Å². The van der Waals surface area contributed by atoms with Crippen LogP contribution in [-0.2, 0) is 0 Å². The quantitative estimate of drug-likeness (QED) is 0.794. The number of hydrogen-bond acceptors (Lipinski definition) is 2. The molecule has 0 heterocycles. The zero-order valence-electron chi connectivity index (χ0n) is 8.39. The van der Waals surface area contributed by atoms with Crippen LogP contribution in [0.5, 0.6) is 5.75 Å². The monoisotopic (exact) mass is 199 g/mol. The van der Waals surface area contributed by atoms with Gasteiger partial charge in [-0.1, -0.05) is 36.4 Å². The van der Waals surface area contributed by atoms with Gasteiger partial charge in [0.15, 0.2) is 0 Å². The molecular weight excluding hydrogens is 186 g/mol. The molecule has 76 valence electrons. The Morgan fingerprint density at radius 2 is 1.87 bits per heavy atom. The van der Waals surface area contributed by atoms with Crippen LogP contribution in [0, 0.1) is 0 Å². The fourth-order valence-electron chi connectivity index (χ4n) is 1.34. The molecule has 1 aliphatic carbocycles. The Morgan fingerprint density at radius 1 is 1.07 bits per heavy atom. The number of benzene rings is 1. The summed E-state index contributed by atoms with van der Waals surface area (Å²) in [7, 11) is 0. The Labute approximate surface area is 89.4 Å². The first-order valence-corrected chi connectivity index (χ1v) is 4.91. The molecule has 2 N–H and O–H groups in total. The summed E-state index contributed by atoms with van der Waals surface area (Å²) in [5.74, 6) is 1.54. The number of ether oxygens (including phenoxy) is 1. The van der Waals surface area contributed by atoms with Gasteiger partial charge < -0.3 is 10.5 Å². The Kier molecular flexibility index (Phi) is 2.88. The van der Waals surface area contributed by atoms with Crippen LogP contribution in [0.25, 0.3) is 0 Å². The van der Waals surface area contributed by atoms with Crippen molar-refractivity contribution in [2.45, 2.75) is 6.42 Å². The van der Waals surface area contributed by atoms with Crippen molar-refractivity contribution in [2.24, 2.45) is 5.73 Å². The van der Waals surface area contributed by atoms with Crippen LogP contribution in [0.2, 0.25) is 0 Å². The van der Waals surface area contributed by atoms with E-state index in [1.807, 2.05) is 54.6 Å². The summed E-state index contributed by atoms with van der Waals surface area (Å²) >= 11 is 0. The molecule has 0 atom stereocenters. The zero-order valence-corrected chi connectivity index (χ0v) is 8.39. The number of nitrogens with two attached hydrogens (primary N) is 1. The topological polar surface area (TPSA) is 35.2 Å². The highest BCUT2D eigenvalue weighted by atomic mass is 16.5. The minimum Gasteiger partial charge on any atom is -0.456 e. The lowest BCUT2D eigenvalue weighted by Gasteiger charge is -2.08. The molecule has 2 nitrogen and oxygen atoms in total. The zero-order chi connectivity index (χ0) is 10.5. The van der Waals surface area contributed by atoms with Crippen LogP contribution < -0.4 is 10.5 Å². The van der Waals surface area contributed by atoms with Gasteiger partial charge in [-0.15, -0.1) is 0 Å². The molecule has 2 rings (SSSR count). The van der Waals surface area contributed by atoms with E-state index < -0.39 is 0 Å². The van der Waals surface area contributed by atoms with Gasteiger partial charge in [0, 0.05) is 6.42 Å². The van der Waals surface area contributed by atoms with Gasteiger partial charge in [-0.3, -0.25) is 0 Å². The van der Waals surface area contributed by atoms with E-state index >= 15 is 0 Å². The van der Waals surface area contributed by atoms with Crippen molar-refractivity contribution in [3.05, 3.63) is 66.1 Å². The number of rotatable bonds is 2. The molecule has 0 fully saturated rings. The molecule has 2 heteroatoms. The molecule has 0 unspecified atom stereocenters. The van der Waals surface area contributed by atoms with Crippen LogP contribution in [0.3, 0.4) is 0 Å². The smallest absolute Gasteiger partial charge is 0.146 e. The van der Waals surface area contributed by atoms with E-state index in [1.165, 1.54) is 0 Å². The lowest BCUT2D eigenvalue weighted by molar-refractivity contribution is 0.436. The molecule has 1 aromatic carbocycles. The number of allylic oxidation sites excluding steroid dienone is 4. The molecule has 0 saturated heterocycles. The lowest BCUT2D eigenvalue weighted by Crippen LogP contribution is -2.04. The molecular formula is C13H13NO. The molecule has 0 amide bonds. The van der Waals surface area contributed by atoms with Crippen molar-refractivity contribution in [3.63, 3.8) is 0 Å². The SMILES string of the molecule is NC1=C(Oc2ccccc2)C=CC=CC1. The second kappa shape index (κ2) is 4.51. The van der Waals surface area contributed by atoms with E-state index in [9.17, 15) is 0 Å². The fourth-order valence-corrected chi connectivity index (χ4v) is 1.34. The van der Waals surface area contributed by atoms with Crippen molar-refractivity contribution >= 4 is 0 Å². The van der Waals surface area contributed by atoms with Crippen molar-refractivity contribution in [2.75, 3.05) is 0 Å². The van der Waals surface area contributed by atoms with Gasteiger partial charge in [-0.05, 0) is 18.2 Å². The highest BCUT2D eigenvalue weighted by molar-refractivity contribution is 5.32. The molecule has 0 saturated carbocycles. The molecule has 1 aromatic rings. The van der Waals surface area contributed by atoms with E-state index in [0.29, 0.717) is 0 Å². The largest absolute Gasteiger partial charge is 0.456 e. The first-order chi connectivity index (χ1) is 7.36. The van der Waals surface area contributed by atoms with Gasteiger partial charge in [0.05, 0.1) is 5.70 Å². The predicted octanol–water partition coefficient (Wildman–Crippen LogP) is 2.75. The second-order valence-corrected chi connectivity index (χ2v) is 3.30. The Hall–Kier alpha value is -1.96. The molecule has 1 aliphatic rings. The van der Waals surface area contributed by atoms with Gasteiger partial charge >= 0.3 is 0 Å². The van der Waals surface area contributed by atoms with Crippen molar-refractivity contribution in [1.82, 2.24) is 0 Å². The van der Waals surface area contributed by atoms with Crippen LogP contribution >= 0.6 is 0 Å². The molecule has 0 aliphatic heterocycles. The summed E-state index contributed by atoms with van der Waals surface area (Å²) in [6.07, 6.45) is 8.51. The van der Waals surface area contributed by atoms with Gasteiger partial charge in [0.1, 0.15) is 11.5 Å². The molecule has 0 aromatic heterocycles. The van der Waals surface area contributed by atoms with Crippen LogP contribution in [0.1, 0.15) is 6.42 Å². The maximum Gasteiger partial charge on any atom is 0.146 e. The van der Waals surface area contributed by atoms with E-state index in [0.717, 1.165) is 23.6 Å². The Bertz CT molecular complexity index is 415. The maximum absolute atomic E-state index is 5.88. The Balaban J connectivity index is 2.18. The first-order valence-electron chi connectivity index (χ1n) is 4.91. The van der Waals surface area contributed by atoms with E-state index in [4.69, 9.17) is 10.5 Å². The maximum atomic E-state index is 5.88. The molecule has 0 bridgehead atoms. The third kappa shape index (κ3) is 2.50. The fraction of sp³-hybridized carbons (Fsp3) is 0.0769. The number of para-hydroxylation sites is 1. The summed E-state index contributed by atoms with van der Waals surface area (Å²) in [6, 6.07) is 9.64. The summed E-state index contributed by atoms with van der Waals surface area (Å²) in [5, 5.41) is 0. The molecule has 15 heavy (non-hydrogen) atoms. The van der Waals surface area contributed by atoms with Gasteiger partial charge in [0.2, 0.25) is 0 Å². The highest BCUT2D eigenvalue weighted by Crippen LogP contribution is 2.17. The third-order valence-electron chi connectivity index (χ3n) is 2.12. The van der Waals surface area contributed by atoms with Crippen LogP contribution in [-0.4, -0.2) is 0 Å². The standard InChI is InChI=1S/C13H13NO/c14-12-9-5-2-6-10-13(12)15-11-7-3-1-4-8-11/h1-8,10H,9,14H2. The summed E-state index contributed by atoms with van der Waals surface area (Å²) < 4.78 is 5.68. The van der Waals surface area contributed by atoms with Crippen LogP contribution in [0.4, 0.5) is 0 Å². The minimum atomic E-state index is 0.728. The van der Waals surface area contributed by atoms with Crippen molar-refractivity contribution in [3.8, 4) is 5.75 Å². The van der Waals surface area contributed by atoms with E-state index in [2.05, 4.69) is 0 Å². The van der Waals surface area contributed by atoms with E-state index in [1.54, 1.807) is 0 Å². The Morgan fingerprint density at radius 3 is 2.67 bits per heavy atom. The van der Waals surface area contributed by atoms with Crippen molar-refractivity contribution < 1.29 is 4.74 Å². The summed E-state index contributed by atoms with van der Waals surface area (Å²) in [5.41, 5.74) is 6.63. The van der Waals surface area contributed by atoms with Gasteiger partial charge in [-0.2, -0.15) is 0 Å². The average Bonchev–Trinajstić information content (AvgIpc) is 2.46. The highest BCUT2D eigenvalue weighted by Gasteiger charge is 2.03. The predicted molar refractivity (Wildman–Crippen MR) is 61.2 cm³/mol. The average molecular weight is 199 g/mol. The third-order valence-corrected chi connectivity index (χ3v) is 2.12. The summed E-state index contributed by atoms with van der Waals surface area (Å²) in [6.45, 7) is 0. The summed E-state index contributed by atoms with van der Waals surface area (Å²) in [4.78, 5) is 0. The minimum absolute atomic E-state index is 0.728. The van der Waals surface area contributed by atoms with Crippen LogP contribution in [0.15, 0.2) is 66.1 Å². The van der Waals surface area contributed by atoms with E-state index in [-0.39, 0.29) is 0 Å². The normalized spacial score (nSPS) is 15.2. The molecule has 0 radical (unpaired) electrons. The lowest BCUT2D eigenvalue weighted by atomic mass is 10.3. The second-order valence-electron chi connectivity index (χ2n) is 3.30. The number of hydrogen-bond donors (Lipinski definition) is 1. The van der Waals surface area contributed by atoms with Gasteiger partial charge in [0.25, 0.3) is 0 Å². The first kappa shape index (κ1) is 9.59.